The number of rotatable bonds is 6. The Kier molecular flexibility index (Phi) is 5.56. The molecule has 2 aromatic rings. The van der Waals surface area contributed by atoms with Crippen molar-refractivity contribution in [3.8, 4) is 0 Å². The molecule has 0 fully saturated rings. The smallest absolute Gasteiger partial charge is 0.249 e. The van der Waals surface area contributed by atoms with Gasteiger partial charge in [-0.15, -0.1) is 22.7 Å². The van der Waals surface area contributed by atoms with Crippen LogP contribution in [0, 0.1) is 0 Å². The number of thiophene rings is 2. The first-order valence-electron chi connectivity index (χ1n) is 6.71. The highest BCUT2D eigenvalue weighted by Crippen LogP contribution is 2.19. The third kappa shape index (κ3) is 4.05. The predicted molar refractivity (Wildman–Crippen MR) is 86.9 cm³/mol. The highest BCUT2D eigenvalue weighted by atomic mass is 32.1. The van der Waals surface area contributed by atoms with Crippen molar-refractivity contribution in [3.05, 3.63) is 56.4 Å². The third-order valence-electron chi connectivity index (χ3n) is 2.99. The molecule has 0 bridgehead atoms. The fourth-order valence-electron chi connectivity index (χ4n) is 2.02. The summed E-state index contributed by atoms with van der Waals surface area (Å²) in [6, 6.07) is 8.22. The van der Waals surface area contributed by atoms with Crippen LogP contribution >= 0.6 is 22.7 Å². The maximum Gasteiger partial charge on any atom is 0.249 e. The number of amides is 1. The molecule has 0 saturated carbocycles. The van der Waals surface area contributed by atoms with Crippen LogP contribution in [0.5, 0.6) is 0 Å². The van der Waals surface area contributed by atoms with Crippen molar-refractivity contribution in [1.29, 1.82) is 0 Å². The van der Waals surface area contributed by atoms with Crippen molar-refractivity contribution >= 4 is 28.6 Å². The molecule has 0 aliphatic rings. The van der Waals surface area contributed by atoms with Crippen LogP contribution in [0.4, 0.5) is 0 Å². The first kappa shape index (κ1) is 15.0. The Hall–Kier alpha value is -1.39. The molecular formula is C16H19NOS2. The lowest BCUT2D eigenvalue weighted by atomic mass is 10.2. The highest BCUT2D eigenvalue weighted by Gasteiger charge is 2.16. The summed E-state index contributed by atoms with van der Waals surface area (Å²) in [5.41, 5.74) is 0.834. The number of nitrogens with zero attached hydrogens (tertiary/aromatic N) is 1. The van der Waals surface area contributed by atoms with Crippen LogP contribution < -0.4 is 0 Å². The summed E-state index contributed by atoms with van der Waals surface area (Å²) in [6.45, 7) is 5.33. The summed E-state index contributed by atoms with van der Waals surface area (Å²) in [5, 5.41) is 4.11. The van der Waals surface area contributed by atoms with E-state index in [1.165, 1.54) is 9.75 Å². The molecule has 0 N–H and O–H groups in total. The first-order valence-corrected chi connectivity index (χ1v) is 8.47. The Bertz CT molecular complexity index is 519. The van der Waals surface area contributed by atoms with Gasteiger partial charge in [0.25, 0.3) is 0 Å². The summed E-state index contributed by atoms with van der Waals surface area (Å²) in [4.78, 5) is 16.9. The molecule has 2 aromatic heterocycles. The minimum atomic E-state index is 0.133. The SMILES string of the molecule is CC/C=C(/C)C(=O)N(Cc1cccs1)Cc1cccs1. The molecule has 0 spiro atoms. The van der Waals surface area contributed by atoms with Crippen LogP contribution in [0.1, 0.15) is 30.0 Å². The lowest BCUT2D eigenvalue weighted by Gasteiger charge is -2.22. The van der Waals surface area contributed by atoms with Gasteiger partial charge in [0.1, 0.15) is 0 Å². The Morgan fingerprint density at radius 1 is 1.15 bits per heavy atom. The van der Waals surface area contributed by atoms with E-state index >= 15 is 0 Å². The molecule has 1 amide bonds. The maximum absolute atomic E-state index is 12.6. The zero-order chi connectivity index (χ0) is 14.4. The van der Waals surface area contributed by atoms with Gasteiger partial charge in [-0.1, -0.05) is 25.1 Å². The van der Waals surface area contributed by atoms with Gasteiger partial charge in [0.2, 0.25) is 5.91 Å². The number of hydrogen-bond acceptors (Lipinski definition) is 3. The van der Waals surface area contributed by atoms with Gasteiger partial charge < -0.3 is 4.90 Å². The standard InChI is InChI=1S/C16H19NOS2/c1-3-6-13(2)16(18)17(11-14-7-4-9-19-14)12-15-8-5-10-20-15/h4-10H,3,11-12H2,1-2H3/b13-6-. The number of carbonyl (C=O) groups excluding carboxylic acids is 1. The second-order valence-electron chi connectivity index (χ2n) is 4.62. The lowest BCUT2D eigenvalue weighted by molar-refractivity contribution is -0.128. The van der Waals surface area contributed by atoms with E-state index in [2.05, 4.69) is 29.8 Å². The van der Waals surface area contributed by atoms with Crippen molar-refractivity contribution in [2.45, 2.75) is 33.4 Å². The van der Waals surface area contributed by atoms with E-state index in [-0.39, 0.29) is 5.91 Å². The Morgan fingerprint density at radius 2 is 1.70 bits per heavy atom. The number of carbonyl (C=O) groups is 1. The molecule has 2 nitrogen and oxygen atoms in total. The topological polar surface area (TPSA) is 20.3 Å². The van der Waals surface area contributed by atoms with Crippen LogP contribution in [0.15, 0.2) is 46.7 Å². The molecule has 0 radical (unpaired) electrons. The summed E-state index contributed by atoms with van der Waals surface area (Å²) in [7, 11) is 0. The molecule has 4 heteroatoms. The van der Waals surface area contributed by atoms with E-state index in [9.17, 15) is 4.79 Å². The summed E-state index contributed by atoms with van der Waals surface area (Å²) in [6.07, 6.45) is 2.89. The average Bonchev–Trinajstić information content (AvgIpc) is 3.10. The zero-order valence-corrected chi connectivity index (χ0v) is 13.5. The number of allylic oxidation sites excluding steroid dienone is 1. The van der Waals surface area contributed by atoms with Crippen LogP contribution in [-0.2, 0) is 17.9 Å². The quantitative estimate of drug-likeness (QED) is 0.709. The van der Waals surface area contributed by atoms with Gasteiger partial charge in [0.15, 0.2) is 0 Å². The van der Waals surface area contributed by atoms with Crippen molar-refractivity contribution in [2.75, 3.05) is 0 Å². The fraction of sp³-hybridized carbons (Fsp3) is 0.312. The first-order chi connectivity index (χ1) is 9.70. The van der Waals surface area contributed by atoms with Crippen LogP contribution in [0.25, 0.3) is 0 Å². The van der Waals surface area contributed by atoms with Crippen LogP contribution in [0.3, 0.4) is 0 Å². The van der Waals surface area contributed by atoms with Gasteiger partial charge in [-0.2, -0.15) is 0 Å². The van der Waals surface area contributed by atoms with E-state index in [1.807, 2.05) is 30.0 Å². The fourth-order valence-corrected chi connectivity index (χ4v) is 3.46. The molecule has 2 heterocycles. The highest BCUT2D eigenvalue weighted by molar-refractivity contribution is 7.10. The molecule has 0 aliphatic carbocycles. The Labute approximate surface area is 128 Å². The third-order valence-corrected chi connectivity index (χ3v) is 4.71. The van der Waals surface area contributed by atoms with Crippen molar-refractivity contribution in [3.63, 3.8) is 0 Å². The molecular weight excluding hydrogens is 286 g/mol. The monoisotopic (exact) mass is 305 g/mol. The van der Waals surface area contributed by atoms with E-state index in [0.29, 0.717) is 13.1 Å². The van der Waals surface area contributed by atoms with Gasteiger partial charge in [0.05, 0.1) is 13.1 Å². The van der Waals surface area contributed by atoms with E-state index in [1.54, 1.807) is 22.7 Å². The molecule has 0 aliphatic heterocycles. The summed E-state index contributed by atoms with van der Waals surface area (Å²) in [5.74, 6) is 0.133. The molecule has 0 unspecified atom stereocenters. The molecule has 20 heavy (non-hydrogen) atoms. The normalized spacial score (nSPS) is 11.6. The number of hydrogen-bond donors (Lipinski definition) is 0. The molecule has 0 aromatic carbocycles. The van der Waals surface area contributed by atoms with Crippen molar-refractivity contribution in [2.24, 2.45) is 0 Å². The van der Waals surface area contributed by atoms with Gasteiger partial charge >= 0.3 is 0 Å². The Morgan fingerprint density at radius 3 is 2.10 bits per heavy atom. The Balaban J connectivity index is 2.14. The van der Waals surface area contributed by atoms with E-state index in [0.717, 1.165) is 12.0 Å². The van der Waals surface area contributed by atoms with Gasteiger partial charge in [0, 0.05) is 15.3 Å². The second kappa shape index (κ2) is 7.41. The molecule has 0 atom stereocenters. The zero-order valence-electron chi connectivity index (χ0n) is 11.8. The largest absolute Gasteiger partial charge is 0.329 e. The minimum absolute atomic E-state index is 0.133. The van der Waals surface area contributed by atoms with Gasteiger partial charge in [-0.25, -0.2) is 0 Å². The van der Waals surface area contributed by atoms with Crippen molar-refractivity contribution < 1.29 is 4.79 Å². The lowest BCUT2D eigenvalue weighted by Crippen LogP contribution is -2.30. The van der Waals surface area contributed by atoms with E-state index in [4.69, 9.17) is 0 Å². The average molecular weight is 305 g/mol. The van der Waals surface area contributed by atoms with Crippen LogP contribution in [-0.4, -0.2) is 10.8 Å². The van der Waals surface area contributed by atoms with Gasteiger partial charge in [-0.3, -0.25) is 4.79 Å². The second-order valence-corrected chi connectivity index (χ2v) is 6.68. The minimum Gasteiger partial charge on any atom is -0.329 e. The van der Waals surface area contributed by atoms with Crippen molar-refractivity contribution in [1.82, 2.24) is 4.90 Å². The summed E-state index contributed by atoms with van der Waals surface area (Å²) < 4.78 is 0. The summed E-state index contributed by atoms with van der Waals surface area (Å²) >= 11 is 3.39. The molecule has 106 valence electrons. The molecule has 0 saturated heterocycles. The maximum atomic E-state index is 12.6. The van der Waals surface area contributed by atoms with Crippen LogP contribution in [0.2, 0.25) is 0 Å². The predicted octanol–water partition coefficient (Wildman–Crippen LogP) is 4.69. The van der Waals surface area contributed by atoms with E-state index < -0.39 is 0 Å². The van der Waals surface area contributed by atoms with Gasteiger partial charge in [-0.05, 0) is 36.2 Å². The molecule has 2 rings (SSSR count).